The van der Waals surface area contributed by atoms with Crippen LogP contribution < -0.4 is 4.90 Å². The summed E-state index contributed by atoms with van der Waals surface area (Å²) in [6, 6.07) is 14.6. The number of hydrogen-bond donors (Lipinski definition) is 0. The Balaban J connectivity index is 1.40. The van der Waals surface area contributed by atoms with E-state index in [0.717, 1.165) is 51.4 Å². The number of hydrogen-bond acceptors (Lipinski definition) is 6. The molecule has 4 heterocycles. The largest absolute Gasteiger partial charge is 0.352 e. The number of aromatic nitrogens is 5. The van der Waals surface area contributed by atoms with Crippen LogP contribution in [0.4, 0.5) is 5.82 Å². The predicted octanol–water partition coefficient (Wildman–Crippen LogP) is 6.03. The van der Waals surface area contributed by atoms with Crippen molar-refractivity contribution in [1.29, 1.82) is 0 Å². The predicted molar refractivity (Wildman–Crippen MR) is 159 cm³/mol. The Morgan fingerprint density at radius 2 is 1.77 bits per heavy atom. The summed E-state index contributed by atoms with van der Waals surface area (Å²) in [6.07, 6.45) is 2.38. The van der Waals surface area contributed by atoms with Gasteiger partial charge in [0.1, 0.15) is 11.0 Å². The monoisotopic (exact) mass is 574 g/mol. The third-order valence-electron chi connectivity index (χ3n) is 7.60. The van der Waals surface area contributed by atoms with Gasteiger partial charge < -0.3 is 4.90 Å². The topological polar surface area (TPSA) is 85.9 Å². The van der Waals surface area contributed by atoms with Crippen molar-refractivity contribution in [2.45, 2.75) is 51.5 Å². The SMILES string of the molecule is Cc1ccc(S(=O)(=O)n2cc(C)c3c(-c4nc(Cl)c5c(n4)CCN(c4cc(C(C)C)nn4C)C5)cccc32)cc1. The van der Waals surface area contributed by atoms with Crippen LogP contribution in [0.15, 0.2) is 59.6 Å². The number of anilines is 1. The van der Waals surface area contributed by atoms with Gasteiger partial charge in [0, 0.05) is 55.3 Å². The number of halogens is 1. The number of aryl methyl sites for hydroxylation is 3. The fourth-order valence-corrected chi connectivity index (χ4v) is 7.07. The Hall–Kier alpha value is -3.69. The fourth-order valence-electron chi connectivity index (χ4n) is 5.40. The smallest absolute Gasteiger partial charge is 0.268 e. The molecule has 2 aromatic carbocycles. The minimum atomic E-state index is -3.79. The van der Waals surface area contributed by atoms with E-state index in [9.17, 15) is 8.42 Å². The Labute approximate surface area is 239 Å². The minimum Gasteiger partial charge on any atom is -0.352 e. The standard InChI is InChI=1S/C30H31ClN6O2S/c1-18(2)25-15-27(35(5)34-25)36-14-13-24-23(17-36)29(31)33-30(32-24)22-7-6-8-26-28(22)20(4)16-37(26)40(38,39)21-11-9-19(3)10-12-21/h6-12,15-16,18H,13-14,17H2,1-5H3. The molecule has 0 radical (unpaired) electrons. The molecule has 0 unspecified atom stereocenters. The van der Waals surface area contributed by atoms with Crippen LogP contribution in [-0.2, 0) is 30.0 Å². The average molecular weight is 575 g/mol. The third kappa shape index (κ3) is 4.37. The number of nitrogens with zero attached hydrogens (tertiary/aromatic N) is 6. The molecule has 0 bridgehead atoms. The number of fused-ring (bicyclic) bond motifs is 2. The Morgan fingerprint density at radius 3 is 2.48 bits per heavy atom. The highest BCUT2D eigenvalue weighted by atomic mass is 35.5. The van der Waals surface area contributed by atoms with Crippen LogP contribution in [0, 0.1) is 13.8 Å². The van der Waals surface area contributed by atoms with Gasteiger partial charge in [0.25, 0.3) is 10.0 Å². The molecular formula is C30H31ClN6O2S. The summed E-state index contributed by atoms with van der Waals surface area (Å²) >= 11 is 6.81. The Bertz CT molecular complexity index is 1870. The maximum Gasteiger partial charge on any atom is 0.268 e. The second kappa shape index (κ2) is 9.74. The number of benzene rings is 2. The van der Waals surface area contributed by atoms with E-state index >= 15 is 0 Å². The molecule has 0 saturated heterocycles. The van der Waals surface area contributed by atoms with E-state index in [-0.39, 0.29) is 4.90 Å². The van der Waals surface area contributed by atoms with E-state index in [1.165, 1.54) is 3.97 Å². The molecule has 8 nitrogen and oxygen atoms in total. The van der Waals surface area contributed by atoms with Gasteiger partial charge in [0.05, 0.1) is 21.8 Å². The van der Waals surface area contributed by atoms with E-state index in [1.807, 2.05) is 43.8 Å². The number of rotatable bonds is 5. The highest BCUT2D eigenvalue weighted by molar-refractivity contribution is 7.90. The molecule has 0 aliphatic carbocycles. The molecule has 3 aromatic heterocycles. The summed E-state index contributed by atoms with van der Waals surface area (Å²) in [5.74, 6) is 1.89. The van der Waals surface area contributed by atoms with E-state index in [4.69, 9.17) is 21.6 Å². The van der Waals surface area contributed by atoms with Gasteiger partial charge in [0.2, 0.25) is 0 Å². The zero-order valence-electron chi connectivity index (χ0n) is 23.2. The van der Waals surface area contributed by atoms with Gasteiger partial charge in [0.15, 0.2) is 5.82 Å². The molecule has 5 aromatic rings. The van der Waals surface area contributed by atoms with E-state index in [0.29, 0.717) is 35.4 Å². The molecule has 0 fully saturated rings. The molecule has 206 valence electrons. The molecule has 0 spiro atoms. The summed E-state index contributed by atoms with van der Waals surface area (Å²) in [5, 5.41) is 5.87. The van der Waals surface area contributed by atoms with Gasteiger partial charge in [-0.15, -0.1) is 0 Å². The zero-order valence-corrected chi connectivity index (χ0v) is 24.8. The van der Waals surface area contributed by atoms with E-state index in [2.05, 4.69) is 29.9 Å². The van der Waals surface area contributed by atoms with Crippen LogP contribution >= 0.6 is 11.6 Å². The van der Waals surface area contributed by atoms with Gasteiger partial charge in [-0.3, -0.25) is 4.68 Å². The lowest BCUT2D eigenvalue weighted by atomic mass is 10.0. The van der Waals surface area contributed by atoms with E-state index < -0.39 is 10.0 Å². The maximum absolute atomic E-state index is 13.6. The molecular weight excluding hydrogens is 544 g/mol. The quantitative estimate of drug-likeness (QED) is 0.238. The first-order chi connectivity index (χ1) is 19.0. The Morgan fingerprint density at radius 1 is 1.02 bits per heavy atom. The van der Waals surface area contributed by atoms with Gasteiger partial charge in [-0.1, -0.05) is 55.3 Å². The molecule has 40 heavy (non-hydrogen) atoms. The first-order valence-electron chi connectivity index (χ1n) is 13.3. The van der Waals surface area contributed by atoms with Crippen molar-refractivity contribution in [2.75, 3.05) is 11.4 Å². The first-order valence-corrected chi connectivity index (χ1v) is 15.1. The van der Waals surface area contributed by atoms with Crippen molar-refractivity contribution >= 4 is 38.3 Å². The molecule has 10 heteroatoms. The molecule has 1 aliphatic heterocycles. The summed E-state index contributed by atoms with van der Waals surface area (Å²) in [7, 11) is -1.82. The summed E-state index contributed by atoms with van der Waals surface area (Å²) in [5.41, 5.74) is 6.04. The van der Waals surface area contributed by atoms with Crippen LogP contribution in [0.1, 0.15) is 47.8 Å². The Kier molecular flexibility index (Phi) is 6.46. The minimum absolute atomic E-state index is 0.243. The van der Waals surface area contributed by atoms with Gasteiger partial charge in [-0.2, -0.15) is 5.10 Å². The second-order valence-electron chi connectivity index (χ2n) is 10.8. The van der Waals surface area contributed by atoms with Crippen molar-refractivity contribution in [1.82, 2.24) is 23.7 Å². The molecule has 0 atom stereocenters. The van der Waals surface area contributed by atoms with E-state index in [1.54, 1.807) is 30.5 Å². The highest BCUT2D eigenvalue weighted by Crippen LogP contribution is 2.35. The summed E-state index contributed by atoms with van der Waals surface area (Å²) in [6.45, 7) is 9.49. The molecule has 6 rings (SSSR count). The van der Waals surface area contributed by atoms with Gasteiger partial charge in [-0.25, -0.2) is 22.4 Å². The first kappa shape index (κ1) is 26.5. The second-order valence-corrected chi connectivity index (χ2v) is 12.9. The lowest BCUT2D eigenvalue weighted by molar-refractivity contribution is 0.589. The lowest BCUT2D eigenvalue weighted by Crippen LogP contribution is -2.33. The van der Waals surface area contributed by atoms with Crippen LogP contribution in [0.25, 0.3) is 22.3 Å². The zero-order chi connectivity index (χ0) is 28.3. The normalized spacial score (nSPS) is 13.8. The van der Waals surface area contributed by atoms with Crippen molar-refractivity contribution < 1.29 is 8.42 Å². The van der Waals surface area contributed by atoms with Crippen LogP contribution in [-0.4, -0.2) is 38.7 Å². The summed E-state index contributed by atoms with van der Waals surface area (Å²) in [4.78, 5) is 12.2. The van der Waals surface area contributed by atoms with Crippen LogP contribution in [0.2, 0.25) is 5.15 Å². The van der Waals surface area contributed by atoms with Gasteiger partial charge >= 0.3 is 0 Å². The lowest BCUT2D eigenvalue weighted by Gasteiger charge is -2.30. The highest BCUT2D eigenvalue weighted by Gasteiger charge is 2.27. The molecule has 0 saturated carbocycles. The fraction of sp³-hybridized carbons (Fsp3) is 0.300. The van der Waals surface area contributed by atoms with Gasteiger partial charge in [-0.05, 0) is 43.5 Å². The van der Waals surface area contributed by atoms with Crippen molar-refractivity contribution in [3.63, 3.8) is 0 Å². The third-order valence-corrected chi connectivity index (χ3v) is 9.60. The molecule has 1 aliphatic rings. The molecule has 0 amide bonds. The van der Waals surface area contributed by atoms with Crippen molar-refractivity contribution in [2.24, 2.45) is 7.05 Å². The van der Waals surface area contributed by atoms with Crippen molar-refractivity contribution in [3.8, 4) is 11.4 Å². The average Bonchev–Trinajstić information content (AvgIpc) is 3.49. The van der Waals surface area contributed by atoms with Crippen LogP contribution in [0.3, 0.4) is 0 Å². The van der Waals surface area contributed by atoms with Crippen molar-refractivity contribution in [3.05, 3.63) is 88.0 Å². The van der Waals surface area contributed by atoms with Crippen LogP contribution in [0.5, 0.6) is 0 Å². The summed E-state index contributed by atoms with van der Waals surface area (Å²) < 4.78 is 30.4. The maximum atomic E-state index is 13.6. The molecule has 0 N–H and O–H groups in total.